The number of hydrogen-bond donors (Lipinski definition) is 0. The van der Waals surface area contributed by atoms with Crippen molar-refractivity contribution in [2.45, 2.75) is 0 Å². The van der Waals surface area contributed by atoms with E-state index in [0.717, 1.165) is 0 Å². The van der Waals surface area contributed by atoms with Crippen molar-refractivity contribution in [3.63, 3.8) is 0 Å². The van der Waals surface area contributed by atoms with Crippen LogP contribution in [0.2, 0.25) is 0 Å². The van der Waals surface area contributed by atoms with E-state index in [1.54, 1.807) is 12.3 Å². The van der Waals surface area contributed by atoms with Crippen molar-refractivity contribution in [3.8, 4) is 0 Å². The first-order valence-corrected chi connectivity index (χ1v) is 2.65. The number of aromatic nitrogens is 5. The van der Waals surface area contributed by atoms with E-state index in [1.807, 2.05) is 0 Å². The van der Waals surface area contributed by atoms with Gasteiger partial charge in [-0.1, -0.05) is 0 Å². The predicted molar refractivity (Wildman–Crippen MR) is 31.8 cm³/mol. The van der Waals surface area contributed by atoms with E-state index in [1.165, 1.54) is 0 Å². The minimum Gasteiger partial charge on any atom is -0.200 e. The molecule has 5 nitrogen and oxygen atoms in total. The van der Waals surface area contributed by atoms with E-state index in [2.05, 4.69) is 31.7 Å². The summed E-state index contributed by atoms with van der Waals surface area (Å²) in [6.45, 7) is 0. The van der Waals surface area contributed by atoms with Gasteiger partial charge in [-0.3, -0.25) is 0 Å². The van der Waals surface area contributed by atoms with Crippen LogP contribution in [0.4, 0.5) is 0 Å². The molecule has 47 valence electrons. The Bertz CT molecular complexity index is 281. The molecule has 2 heterocycles. The lowest BCUT2D eigenvalue weighted by molar-refractivity contribution is 0.962. The Labute approximate surface area is 56.1 Å². The molecular weight excluding hydrogens is 130 g/mol. The Morgan fingerprint density at radius 1 is 1.30 bits per heavy atom. The van der Waals surface area contributed by atoms with Gasteiger partial charge in [-0.05, 0) is 6.07 Å². The van der Waals surface area contributed by atoms with Gasteiger partial charge >= 0.3 is 0 Å². The second kappa shape index (κ2) is 1.94. The van der Waals surface area contributed by atoms with Crippen molar-refractivity contribution in [1.29, 1.82) is 0 Å². The Morgan fingerprint density at radius 2 is 2.30 bits per heavy atom. The Morgan fingerprint density at radius 3 is 3.20 bits per heavy atom. The van der Waals surface area contributed by atoms with Crippen molar-refractivity contribution in [3.05, 3.63) is 18.6 Å². The highest BCUT2D eigenvalue weighted by atomic mass is 15.2. The quantitative estimate of drug-likeness (QED) is 0.488. The van der Waals surface area contributed by atoms with Crippen LogP contribution in [0.25, 0.3) is 11.2 Å². The molecule has 0 fully saturated rings. The van der Waals surface area contributed by atoms with Gasteiger partial charge in [0.05, 0.1) is 6.20 Å². The van der Waals surface area contributed by atoms with E-state index >= 15 is 0 Å². The summed E-state index contributed by atoms with van der Waals surface area (Å²) < 4.78 is 0. The lowest BCUT2D eigenvalue weighted by Crippen LogP contribution is -1.90. The summed E-state index contributed by atoms with van der Waals surface area (Å²) >= 11 is 0. The summed E-state index contributed by atoms with van der Waals surface area (Å²) in [5.41, 5.74) is 1.10. The van der Waals surface area contributed by atoms with Crippen LogP contribution in [0, 0.1) is 6.33 Å². The van der Waals surface area contributed by atoms with Gasteiger partial charge in [-0.2, -0.15) is 5.10 Å². The Balaban J connectivity index is 2.89. The molecule has 2 aromatic heterocycles. The summed E-state index contributed by atoms with van der Waals surface area (Å²) in [6, 6.07) is 1.69. The highest BCUT2D eigenvalue weighted by Crippen LogP contribution is 1.96. The molecule has 0 spiro atoms. The van der Waals surface area contributed by atoms with Gasteiger partial charge in [0.2, 0.25) is 12.0 Å². The average molecular weight is 132 g/mol. The first-order chi connectivity index (χ1) is 4.97. The fourth-order valence-electron chi connectivity index (χ4n) is 0.621. The average Bonchev–Trinajstić information content (AvgIpc) is 2.05. The minimum absolute atomic E-state index is 0.470. The third-order valence-corrected chi connectivity index (χ3v) is 1.04. The molecule has 0 saturated heterocycles. The number of rotatable bonds is 0. The van der Waals surface area contributed by atoms with E-state index in [4.69, 9.17) is 0 Å². The zero-order valence-electron chi connectivity index (χ0n) is 4.89. The van der Waals surface area contributed by atoms with Crippen LogP contribution >= 0.6 is 0 Å². The summed E-state index contributed by atoms with van der Waals surface area (Å²) in [5, 5.41) is 14.5. The SMILES string of the molecule is [c]1nnc2ccnnc2n1. The minimum atomic E-state index is 0.470. The highest BCUT2D eigenvalue weighted by molar-refractivity contribution is 5.66. The maximum Gasteiger partial charge on any atom is 0.223 e. The third-order valence-electron chi connectivity index (χ3n) is 1.04. The molecule has 5 heteroatoms. The van der Waals surface area contributed by atoms with Crippen molar-refractivity contribution in [2.24, 2.45) is 0 Å². The van der Waals surface area contributed by atoms with Crippen molar-refractivity contribution < 1.29 is 0 Å². The molecule has 0 aliphatic heterocycles. The summed E-state index contributed by atoms with van der Waals surface area (Å²) in [6.07, 6.45) is 3.86. The zero-order chi connectivity index (χ0) is 6.81. The Hall–Kier alpha value is -1.65. The summed E-state index contributed by atoms with van der Waals surface area (Å²) in [5.74, 6) is 0. The van der Waals surface area contributed by atoms with Crippen LogP contribution in [0.3, 0.4) is 0 Å². The molecule has 2 aromatic rings. The van der Waals surface area contributed by atoms with Gasteiger partial charge in [0.25, 0.3) is 0 Å². The Kier molecular flexibility index (Phi) is 1.00. The van der Waals surface area contributed by atoms with E-state index < -0.39 is 0 Å². The maximum absolute atomic E-state index is 3.71. The first-order valence-electron chi connectivity index (χ1n) is 2.65. The lowest BCUT2D eigenvalue weighted by Gasteiger charge is -1.86. The molecular formula is C5H2N5. The van der Waals surface area contributed by atoms with Gasteiger partial charge in [-0.25, -0.2) is 4.98 Å². The molecule has 0 bridgehead atoms. The van der Waals surface area contributed by atoms with Gasteiger partial charge in [-0.15, -0.1) is 15.3 Å². The molecule has 0 N–H and O–H groups in total. The fourth-order valence-corrected chi connectivity index (χ4v) is 0.621. The smallest absolute Gasteiger partial charge is 0.200 e. The molecule has 0 aliphatic rings. The number of fused-ring (bicyclic) bond motifs is 1. The van der Waals surface area contributed by atoms with Crippen molar-refractivity contribution in [1.82, 2.24) is 25.4 Å². The number of hydrogen-bond acceptors (Lipinski definition) is 5. The molecule has 10 heavy (non-hydrogen) atoms. The largest absolute Gasteiger partial charge is 0.223 e. The normalized spacial score (nSPS) is 10.0. The van der Waals surface area contributed by atoms with E-state index in [9.17, 15) is 0 Å². The van der Waals surface area contributed by atoms with E-state index in [0.29, 0.717) is 11.2 Å². The van der Waals surface area contributed by atoms with Crippen LogP contribution in [-0.2, 0) is 0 Å². The molecule has 2 rings (SSSR count). The second-order valence-electron chi connectivity index (χ2n) is 1.65. The molecule has 0 atom stereocenters. The predicted octanol–water partition coefficient (Wildman–Crippen LogP) is -0.385. The summed E-state index contributed by atoms with van der Waals surface area (Å²) in [4.78, 5) is 3.71. The standard InChI is InChI=1S/C5H2N5/c1-2-7-10-5-4(1)9-8-3-6-5/h1-2H. The van der Waals surface area contributed by atoms with Gasteiger partial charge in [0, 0.05) is 0 Å². The van der Waals surface area contributed by atoms with E-state index in [-0.39, 0.29) is 0 Å². The molecule has 0 aromatic carbocycles. The van der Waals surface area contributed by atoms with Crippen LogP contribution in [0.1, 0.15) is 0 Å². The van der Waals surface area contributed by atoms with Crippen molar-refractivity contribution in [2.75, 3.05) is 0 Å². The maximum atomic E-state index is 3.71. The molecule has 0 unspecified atom stereocenters. The fraction of sp³-hybridized carbons (Fsp3) is 0. The highest BCUT2D eigenvalue weighted by Gasteiger charge is 1.92. The van der Waals surface area contributed by atoms with Gasteiger partial charge in [0.1, 0.15) is 5.52 Å². The first kappa shape index (κ1) is 5.16. The lowest BCUT2D eigenvalue weighted by atomic mass is 10.5. The number of nitrogens with zero attached hydrogens (tertiary/aromatic N) is 5. The van der Waals surface area contributed by atoms with Gasteiger partial charge < -0.3 is 0 Å². The molecule has 0 aliphatic carbocycles. The van der Waals surface area contributed by atoms with Crippen molar-refractivity contribution >= 4 is 11.2 Å². The summed E-state index contributed by atoms with van der Waals surface area (Å²) in [7, 11) is 0. The van der Waals surface area contributed by atoms with Crippen LogP contribution in [-0.4, -0.2) is 25.4 Å². The topological polar surface area (TPSA) is 64.5 Å². The van der Waals surface area contributed by atoms with Crippen LogP contribution in [0.15, 0.2) is 12.3 Å². The monoisotopic (exact) mass is 132 g/mol. The van der Waals surface area contributed by atoms with Crippen LogP contribution < -0.4 is 0 Å². The molecule has 0 saturated carbocycles. The second-order valence-corrected chi connectivity index (χ2v) is 1.65. The molecule has 0 amide bonds. The molecule has 1 radical (unpaired) electrons. The van der Waals surface area contributed by atoms with Crippen LogP contribution in [0.5, 0.6) is 0 Å². The van der Waals surface area contributed by atoms with Gasteiger partial charge in [0.15, 0.2) is 0 Å². The third kappa shape index (κ3) is 0.680. The zero-order valence-corrected chi connectivity index (χ0v) is 4.89.